The zero-order valence-corrected chi connectivity index (χ0v) is 15.4. The van der Waals surface area contributed by atoms with E-state index in [0.29, 0.717) is 17.4 Å². The minimum absolute atomic E-state index is 0.254. The van der Waals surface area contributed by atoms with Crippen LogP contribution in [0.25, 0.3) is 10.6 Å². The minimum Gasteiger partial charge on any atom is -0.440 e. The van der Waals surface area contributed by atoms with Crippen molar-refractivity contribution < 1.29 is 12.8 Å². The number of thiophene rings is 1. The number of hydrogen-bond donors (Lipinski definition) is 1. The lowest BCUT2D eigenvalue weighted by Crippen LogP contribution is -2.11. The van der Waals surface area contributed by atoms with Crippen LogP contribution < -0.4 is 4.72 Å². The molecule has 25 heavy (non-hydrogen) atoms. The zero-order valence-electron chi connectivity index (χ0n) is 13.7. The van der Waals surface area contributed by atoms with Crippen LogP contribution in [-0.4, -0.2) is 13.4 Å². The molecule has 1 aliphatic carbocycles. The van der Waals surface area contributed by atoms with Crippen molar-refractivity contribution in [1.29, 1.82) is 0 Å². The van der Waals surface area contributed by atoms with E-state index in [2.05, 4.69) is 9.71 Å². The van der Waals surface area contributed by atoms with Crippen LogP contribution in [0.2, 0.25) is 0 Å². The maximum atomic E-state index is 12.6. The van der Waals surface area contributed by atoms with E-state index in [-0.39, 0.29) is 4.21 Å². The van der Waals surface area contributed by atoms with Gasteiger partial charge >= 0.3 is 0 Å². The molecule has 3 aromatic rings. The van der Waals surface area contributed by atoms with E-state index >= 15 is 0 Å². The Morgan fingerprint density at radius 2 is 1.92 bits per heavy atom. The predicted molar refractivity (Wildman–Crippen MR) is 98.4 cm³/mol. The van der Waals surface area contributed by atoms with E-state index in [1.54, 1.807) is 30.5 Å². The van der Waals surface area contributed by atoms with Crippen molar-refractivity contribution in [3.8, 4) is 10.6 Å². The highest BCUT2D eigenvalue weighted by Crippen LogP contribution is 2.38. The molecule has 0 atom stereocenters. The number of rotatable bonds is 5. The summed E-state index contributed by atoms with van der Waals surface area (Å²) < 4.78 is 33.8. The molecule has 0 spiro atoms. The third kappa shape index (κ3) is 3.34. The van der Waals surface area contributed by atoms with E-state index in [9.17, 15) is 8.42 Å². The third-order valence-corrected chi connectivity index (χ3v) is 7.34. The third-order valence-electron chi connectivity index (χ3n) is 4.37. The first kappa shape index (κ1) is 16.4. The summed E-state index contributed by atoms with van der Waals surface area (Å²) >= 11 is 1.18. The Balaban J connectivity index is 1.55. The second kappa shape index (κ2) is 6.31. The molecule has 4 rings (SSSR count). The van der Waals surface area contributed by atoms with Crippen LogP contribution in [0.15, 0.2) is 51.2 Å². The Hall–Kier alpha value is -2.12. The highest BCUT2D eigenvalue weighted by molar-refractivity contribution is 7.94. The number of hydrogen-bond acceptors (Lipinski definition) is 5. The molecular formula is C18H18N2O3S2. The molecule has 1 aromatic carbocycles. The molecule has 0 aliphatic heterocycles. The number of nitrogens with one attached hydrogen (secondary N) is 1. The molecule has 1 N–H and O–H groups in total. The second-order valence-electron chi connectivity index (χ2n) is 6.28. The Labute approximate surface area is 150 Å². The summed E-state index contributed by atoms with van der Waals surface area (Å²) in [6.45, 7) is 1.96. The average Bonchev–Trinajstić information content (AvgIpc) is 3.17. The molecule has 0 bridgehead atoms. The van der Waals surface area contributed by atoms with Crippen LogP contribution in [0.3, 0.4) is 0 Å². The molecule has 2 aromatic heterocycles. The summed E-state index contributed by atoms with van der Waals surface area (Å²) in [5.74, 6) is 1.81. The van der Waals surface area contributed by atoms with Crippen molar-refractivity contribution in [1.82, 2.24) is 4.98 Å². The zero-order chi connectivity index (χ0) is 17.4. The molecule has 7 heteroatoms. The van der Waals surface area contributed by atoms with Crippen molar-refractivity contribution >= 4 is 27.0 Å². The summed E-state index contributed by atoms with van der Waals surface area (Å²) in [6, 6.07) is 10.6. The molecular weight excluding hydrogens is 356 g/mol. The fraction of sp³-hybridized carbons (Fsp3) is 0.278. The maximum Gasteiger partial charge on any atom is 0.271 e. The van der Waals surface area contributed by atoms with Gasteiger partial charge in [0.2, 0.25) is 0 Å². The number of benzene rings is 1. The van der Waals surface area contributed by atoms with Crippen LogP contribution in [0.4, 0.5) is 5.69 Å². The highest BCUT2D eigenvalue weighted by atomic mass is 32.2. The molecule has 2 heterocycles. The Bertz CT molecular complexity index is 984. The van der Waals surface area contributed by atoms with Crippen molar-refractivity contribution in [3.63, 3.8) is 0 Å². The van der Waals surface area contributed by atoms with Crippen LogP contribution in [0, 0.1) is 6.92 Å². The lowest BCUT2D eigenvalue weighted by molar-refractivity contribution is 0.338. The average molecular weight is 374 g/mol. The highest BCUT2D eigenvalue weighted by Gasteiger charge is 2.25. The smallest absolute Gasteiger partial charge is 0.271 e. The fourth-order valence-corrected chi connectivity index (χ4v) is 4.98. The number of aromatic nitrogens is 1. The molecule has 5 nitrogen and oxygen atoms in total. The van der Waals surface area contributed by atoms with Crippen molar-refractivity contribution in [2.75, 3.05) is 4.72 Å². The quantitative estimate of drug-likeness (QED) is 0.697. The Kier molecular flexibility index (Phi) is 4.13. The SMILES string of the molecule is Cc1ccc(NS(=O)(=O)c2ccc(-c3cnc(C4CCC4)o3)s2)cc1. The maximum absolute atomic E-state index is 12.6. The van der Waals surface area contributed by atoms with Gasteiger partial charge in [-0.15, -0.1) is 11.3 Å². The molecule has 0 unspecified atom stereocenters. The minimum atomic E-state index is -3.61. The summed E-state index contributed by atoms with van der Waals surface area (Å²) in [4.78, 5) is 5.10. The molecule has 0 saturated heterocycles. The van der Waals surface area contributed by atoms with Gasteiger partial charge < -0.3 is 4.42 Å². The summed E-state index contributed by atoms with van der Waals surface area (Å²) in [5, 5.41) is 0. The first-order chi connectivity index (χ1) is 12.0. The van der Waals surface area contributed by atoms with Gasteiger partial charge in [0.15, 0.2) is 11.7 Å². The molecule has 0 amide bonds. The normalized spacial score (nSPS) is 15.1. The van der Waals surface area contributed by atoms with Gasteiger partial charge in [-0.25, -0.2) is 13.4 Å². The number of anilines is 1. The lowest BCUT2D eigenvalue weighted by Gasteiger charge is -2.21. The molecule has 130 valence electrons. The van der Waals surface area contributed by atoms with Gasteiger partial charge in [-0.05, 0) is 44.0 Å². The largest absolute Gasteiger partial charge is 0.440 e. The van der Waals surface area contributed by atoms with Gasteiger partial charge in [0, 0.05) is 11.6 Å². The number of sulfonamides is 1. The lowest BCUT2D eigenvalue weighted by atomic mass is 9.85. The Morgan fingerprint density at radius 1 is 1.16 bits per heavy atom. The van der Waals surface area contributed by atoms with Gasteiger partial charge in [-0.1, -0.05) is 24.1 Å². The van der Waals surface area contributed by atoms with E-state index < -0.39 is 10.0 Å². The van der Waals surface area contributed by atoms with Gasteiger partial charge in [-0.3, -0.25) is 4.72 Å². The summed E-state index contributed by atoms with van der Waals surface area (Å²) in [6.07, 6.45) is 5.13. The predicted octanol–water partition coefficient (Wildman–Crippen LogP) is 4.78. The van der Waals surface area contributed by atoms with E-state index in [1.165, 1.54) is 17.8 Å². The van der Waals surface area contributed by atoms with Crippen molar-refractivity contribution in [3.05, 3.63) is 54.0 Å². The van der Waals surface area contributed by atoms with E-state index in [0.717, 1.165) is 29.2 Å². The second-order valence-corrected chi connectivity index (χ2v) is 9.27. The van der Waals surface area contributed by atoms with Crippen LogP contribution in [0.1, 0.15) is 36.6 Å². The van der Waals surface area contributed by atoms with Crippen LogP contribution >= 0.6 is 11.3 Å². The summed E-state index contributed by atoms with van der Waals surface area (Å²) in [7, 11) is -3.61. The fourth-order valence-electron chi connectivity index (χ4n) is 2.67. The Morgan fingerprint density at radius 3 is 2.60 bits per heavy atom. The van der Waals surface area contributed by atoms with Crippen LogP contribution in [0.5, 0.6) is 0 Å². The first-order valence-corrected chi connectivity index (χ1v) is 10.5. The molecule has 1 fully saturated rings. The van der Waals surface area contributed by atoms with Crippen LogP contribution in [-0.2, 0) is 10.0 Å². The van der Waals surface area contributed by atoms with Gasteiger partial charge in [-0.2, -0.15) is 0 Å². The van der Waals surface area contributed by atoms with Gasteiger partial charge in [0.25, 0.3) is 10.0 Å². The number of oxazole rings is 1. The molecule has 1 saturated carbocycles. The van der Waals surface area contributed by atoms with E-state index in [4.69, 9.17) is 4.42 Å². The monoisotopic (exact) mass is 374 g/mol. The number of nitrogens with zero attached hydrogens (tertiary/aromatic N) is 1. The van der Waals surface area contributed by atoms with Gasteiger partial charge in [0.1, 0.15) is 4.21 Å². The van der Waals surface area contributed by atoms with Crippen molar-refractivity contribution in [2.45, 2.75) is 36.3 Å². The molecule has 0 radical (unpaired) electrons. The standard InChI is InChI=1S/C18H18N2O3S2/c1-12-5-7-14(8-6-12)20-25(21,22)17-10-9-16(24-17)15-11-19-18(23-15)13-3-2-4-13/h5-11,13,20H,2-4H2,1H3. The topological polar surface area (TPSA) is 72.2 Å². The van der Waals surface area contributed by atoms with Gasteiger partial charge in [0.05, 0.1) is 11.1 Å². The van der Waals surface area contributed by atoms with E-state index in [1.807, 2.05) is 19.1 Å². The molecule has 1 aliphatic rings. The summed E-state index contributed by atoms with van der Waals surface area (Å²) in [5.41, 5.74) is 1.63. The van der Waals surface area contributed by atoms with Crippen molar-refractivity contribution in [2.24, 2.45) is 0 Å². The first-order valence-electron chi connectivity index (χ1n) is 8.17. The number of aryl methyl sites for hydroxylation is 1.